The Morgan fingerprint density at radius 1 is 1.12 bits per heavy atom. The molecular formula is C17H15BrN2O4. The minimum absolute atomic E-state index is 0.312. The largest absolute Gasteiger partial charge is 0.493 e. The first kappa shape index (κ1) is 17.6. The number of amides is 1. The number of methoxy groups -OCH3 is 3. The van der Waals surface area contributed by atoms with Gasteiger partial charge in [-0.25, -0.2) is 0 Å². The molecule has 24 heavy (non-hydrogen) atoms. The number of hydrogen-bond donors (Lipinski definition) is 1. The van der Waals surface area contributed by atoms with E-state index in [4.69, 9.17) is 19.5 Å². The van der Waals surface area contributed by atoms with Gasteiger partial charge in [0, 0.05) is 5.69 Å². The van der Waals surface area contributed by atoms with Crippen LogP contribution in [0.4, 0.5) is 5.69 Å². The summed E-state index contributed by atoms with van der Waals surface area (Å²) in [6.45, 7) is 0. The van der Waals surface area contributed by atoms with Gasteiger partial charge in [-0.05, 0) is 40.2 Å². The van der Waals surface area contributed by atoms with E-state index in [-0.39, 0.29) is 5.91 Å². The van der Waals surface area contributed by atoms with Crippen LogP contribution in [-0.2, 0) is 0 Å². The van der Waals surface area contributed by atoms with Crippen molar-refractivity contribution in [3.63, 3.8) is 0 Å². The van der Waals surface area contributed by atoms with Gasteiger partial charge in [-0.1, -0.05) is 6.07 Å². The van der Waals surface area contributed by atoms with Crippen LogP contribution in [-0.4, -0.2) is 27.2 Å². The van der Waals surface area contributed by atoms with Crippen LogP contribution in [0.1, 0.15) is 15.9 Å². The highest BCUT2D eigenvalue weighted by atomic mass is 79.9. The average Bonchev–Trinajstić information content (AvgIpc) is 2.61. The predicted octanol–water partition coefficient (Wildman–Crippen LogP) is 3.60. The molecule has 7 heteroatoms. The number of carbonyl (C=O) groups is 1. The average molecular weight is 391 g/mol. The maximum Gasteiger partial charge on any atom is 0.257 e. The molecular weight excluding hydrogens is 376 g/mol. The van der Waals surface area contributed by atoms with E-state index in [0.717, 1.165) is 0 Å². The molecule has 0 bridgehead atoms. The van der Waals surface area contributed by atoms with E-state index < -0.39 is 0 Å². The van der Waals surface area contributed by atoms with E-state index in [1.807, 2.05) is 6.07 Å². The maximum absolute atomic E-state index is 12.6. The molecule has 0 heterocycles. The van der Waals surface area contributed by atoms with Crippen LogP contribution in [0.5, 0.6) is 17.2 Å². The van der Waals surface area contributed by atoms with Crippen LogP contribution in [0.25, 0.3) is 0 Å². The second-order valence-electron chi connectivity index (χ2n) is 4.65. The highest BCUT2D eigenvalue weighted by molar-refractivity contribution is 9.10. The molecule has 0 aromatic heterocycles. The van der Waals surface area contributed by atoms with Crippen LogP contribution >= 0.6 is 15.9 Å². The van der Waals surface area contributed by atoms with Crippen LogP contribution in [0.2, 0.25) is 0 Å². The van der Waals surface area contributed by atoms with E-state index in [1.54, 1.807) is 30.3 Å². The number of anilines is 1. The highest BCUT2D eigenvalue weighted by Gasteiger charge is 2.22. The molecule has 0 unspecified atom stereocenters. The molecule has 2 aromatic rings. The fourth-order valence-corrected chi connectivity index (χ4v) is 2.79. The number of halogens is 1. The standard InChI is InChI=1S/C17H15BrN2O4/c1-22-13-8-12(14(18)16(24-3)15(13)23-2)17(21)20-11-6-4-5-10(7-11)9-19/h4-8H,1-3H3,(H,20,21). The van der Waals surface area contributed by atoms with Gasteiger partial charge < -0.3 is 19.5 Å². The van der Waals surface area contributed by atoms with Crippen LogP contribution in [0.3, 0.4) is 0 Å². The smallest absolute Gasteiger partial charge is 0.257 e. The summed E-state index contributed by atoms with van der Waals surface area (Å²) in [6.07, 6.45) is 0. The van der Waals surface area contributed by atoms with Crippen molar-refractivity contribution < 1.29 is 19.0 Å². The van der Waals surface area contributed by atoms with Crippen LogP contribution in [0.15, 0.2) is 34.8 Å². The molecule has 1 amide bonds. The molecule has 0 saturated heterocycles. The third kappa shape index (κ3) is 3.44. The second-order valence-corrected chi connectivity index (χ2v) is 5.45. The second kappa shape index (κ2) is 7.70. The summed E-state index contributed by atoms with van der Waals surface area (Å²) in [6, 6.07) is 10.2. The van der Waals surface area contributed by atoms with Crippen molar-refractivity contribution in [1.29, 1.82) is 5.26 Å². The van der Waals surface area contributed by atoms with Gasteiger partial charge in [0.15, 0.2) is 11.5 Å². The molecule has 0 aliphatic carbocycles. The monoisotopic (exact) mass is 390 g/mol. The zero-order chi connectivity index (χ0) is 17.7. The molecule has 0 aliphatic heterocycles. The lowest BCUT2D eigenvalue weighted by Crippen LogP contribution is -2.13. The summed E-state index contributed by atoms with van der Waals surface area (Å²) in [5, 5.41) is 11.7. The number of nitriles is 1. The van der Waals surface area contributed by atoms with E-state index in [9.17, 15) is 4.79 Å². The highest BCUT2D eigenvalue weighted by Crippen LogP contribution is 2.44. The Kier molecular flexibility index (Phi) is 5.66. The van der Waals surface area contributed by atoms with Gasteiger partial charge >= 0.3 is 0 Å². The number of rotatable bonds is 5. The van der Waals surface area contributed by atoms with Crippen molar-refractivity contribution in [3.05, 3.63) is 45.9 Å². The number of carbonyl (C=O) groups excluding carboxylic acids is 1. The minimum atomic E-state index is -0.379. The quantitative estimate of drug-likeness (QED) is 0.843. The van der Waals surface area contributed by atoms with Gasteiger partial charge in [-0.15, -0.1) is 0 Å². The molecule has 0 aliphatic rings. The number of ether oxygens (including phenoxy) is 3. The van der Waals surface area contributed by atoms with Crippen molar-refractivity contribution in [1.82, 2.24) is 0 Å². The fourth-order valence-electron chi connectivity index (χ4n) is 2.15. The molecule has 2 rings (SSSR count). The third-order valence-electron chi connectivity index (χ3n) is 3.26. The fraction of sp³-hybridized carbons (Fsp3) is 0.176. The number of benzene rings is 2. The summed E-state index contributed by atoms with van der Waals surface area (Å²) in [7, 11) is 4.43. The van der Waals surface area contributed by atoms with Gasteiger partial charge in [-0.3, -0.25) is 4.79 Å². The van der Waals surface area contributed by atoms with E-state index in [1.165, 1.54) is 21.3 Å². The summed E-state index contributed by atoms with van der Waals surface area (Å²) >= 11 is 3.36. The predicted molar refractivity (Wildman–Crippen MR) is 92.9 cm³/mol. The number of nitrogens with zero attached hydrogens (tertiary/aromatic N) is 1. The molecule has 2 aromatic carbocycles. The van der Waals surface area contributed by atoms with Crippen molar-refractivity contribution in [2.45, 2.75) is 0 Å². The Morgan fingerprint density at radius 3 is 2.42 bits per heavy atom. The van der Waals surface area contributed by atoms with Gasteiger partial charge in [0.2, 0.25) is 5.75 Å². The topological polar surface area (TPSA) is 80.6 Å². The third-order valence-corrected chi connectivity index (χ3v) is 4.05. The zero-order valence-electron chi connectivity index (χ0n) is 13.3. The van der Waals surface area contributed by atoms with Crippen LogP contribution in [0, 0.1) is 11.3 Å². The van der Waals surface area contributed by atoms with Gasteiger partial charge in [0.25, 0.3) is 5.91 Å². The Bertz CT molecular complexity index is 815. The van der Waals surface area contributed by atoms with Crippen molar-refractivity contribution in [2.24, 2.45) is 0 Å². The normalized spacial score (nSPS) is 9.79. The molecule has 0 fully saturated rings. The lowest BCUT2D eigenvalue weighted by atomic mass is 10.1. The molecule has 0 radical (unpaired) electrons. The van der Waals surface area contributed by atoms with Crippen molar-refractivity contribution in [3.8, 4) is 23.3 Å². The summed E-state index contributed by atoms with van der Waals surface area (Å²) in [4.78, 5) is 12.6. The first-order valence-electron chi connectivity index (χ1n) is 6.85. The summed E-state index contributed by atoms with van der Waals surface area (Å²) in [5.74, 6) is 0.729. The molecule has 0 saturated carbocycles. The lowest BCUT2D eigenvalue weighted by molar-refractivity contribution is 0.102. The zero-order valence-corrected chi connectivity index (χ0v) is 14.9. The molecule has 1 N–H and O–H groups in total. The van der Waals surface area contributed by atoms with Crippen LogP contribution < -0.4 is 19.5 Å². The van der Waals surface area contributed by atoms with E-state index in [0.29, 0.717) is 38.5 Å². The SMILES string of the molecule is COc1cc(C(=O)Nc2cccc(C#N)c2)c(Br)c(OC)c1OC. The van der Waals surface area contributed by atoms with Crippen molar-refractivity contribution in [2.75, 3.05) is 26.6 Å². The molecule has 6 nitrogen and oxygen atoms in total. The van der Waals surface area contributed by atoms with Gasteiger partial charge in [0.05, 0.1) is 43.0 Å². The van der Waals surface area contributed by atoms with Crippen molar-refractivity contribution >= 4 is 27.5 Å². The van der Waals surface area contributed by atoms with Gasteiger partial charge in [0.1, 0.15) is 0 Å². The summed E-state index contributed by atoms with van der Waals surface area (Å²) in [5.41, 5.74) is 1.28. The molecule has 0 atom stereocenters. The Hall–Kier alpha value is -2.72. The Labute approximate surface area is 148 Å². The first-order valence-corrected chi connectivity index (χ1v) is 7.65. The maximum atomic E-state index is 12.6. The molecule has 124 valence electrons. The first-order chi connectivity index (χ1) is 11.5. The lowest BCUT2D eigenvalue weighted by Gasteiger charge is -2.16. The minimum Gasteiger partial charge on any atom is -0.493 e. The van der Waals surface area contributed by atoms with Gasteiger partial charge in [-0.2, -0.15) is 5.26 Å². The number of nitrogens with one attached hydrogen (secondary N) is 1. The Balaban J connectivity index is 2.44. The molecule has 0 spiro atoms. The Morgan fingerprint density at radius 2 is 1.83 bits per heavy atom. The number of hydrogen-bond acceptors (Lipinski definition) is 5. The van der Waals surface area contributed by atoms with E-state index in [2.05, 4.69) is 21.2 Å². The van der Waals surface area contributed by atoms with E-state index >= 15 is 0 Å². The summed E-state index contributed by atoms with van der Waals surface area (Å²) < 4.78 is 16.3.